The molecule has 0 saturated carbocycles. The largest absolute Gasteiger partial charge is 0.437 e. The van der Waals surface area contributed by atoms with E-state index in [1.807, 2.05) is 19.1 Å². The van der Waals surface area contributed by atoms with Crippen LogP contribution in [-0.4, -0.2) is 9.97 Å². The number of aromatic nitrogens is 1. The minimum absolute atomic E-state index is 0.303. The van der Waals surface area contributed by atoms with E-state index in [2.05, 4.69) is 4.98 Å². The number of pyridine rings is 1. The smallest absolute Gasteiger partial charge is 0.219 e. The first-order chi connectivity index (χ1) is 8.56. The van der Waals surface area contributed by atoms with Crippen LogP contribution in [0, 0.1) is 6.92 Å². The maximum atomic E-state index is 6.05. The molecule has 92 valence electrons. The number of thiocarbonyl (C=S) groups is 1. The van der Waals surface area contributed by atoms with Crippen molar-refractivity contribution in [2.24, 2.45) is 5.73 Å². The molecule has 0 spiro atoms. The first-order valence-corrected chi connectivity index (χ1v) is 6.05. The van der Waals surface area contributed by atoms with Crippen LogP contribution < -0.4 is 10.5 Å². The predicted octanol–water partition coefficient (Wildman–Crippen LogP) is 3.47. The summed E-state index contributed by atoms with van der Waals surface area (Å²) in [7, 11) is 0. The Bertz CT molecular complexity index is 601. The van der Waals surface area contributed by atoms with Gasteiger partial charge in [-0.25, -0.2) is 4.98 Å². The number of halogens is 1. The fourth-order valence-corrected chi connectivity index (χ4v) is 1.70. The number of rotatable bonds is 3. The third-order valence-corrected chi connectivity index (χ3v) is 2.87. The molecule has 18 heavy (non-hydrogen) atoms. The normalized spacial score (nSPS) is 10.1. The fourth-order valence-electron chi connectivity index (χ4n) is 1.42. The summed E-state index contributed by atoms with van der Waals surface area (Å²) in [6, 6.07) is 8.95. The topological polar surface area (TPSA) is 48.1 Å². The molecular weight excluding hydrogens is 268 g/mol. The number of hydrogen-bond donors (Lipinski definition) is 1. The SMILES string of the molecule is Cc1ccc(Cl)c(Oc2cc(C(N)=S)ccn2)c1. The molecule has 0 bridgehead atoms. The second-order valence-electron chi connectivity index (χ2n) is 3.78. The molecule has 0 aliphatic heterocycles. The third-order valence-electron chi connectivity index (χ3n) is 2.32. The Hall–Kier alpha value is -1.65. The van der Waals surface area contributed by atoms with Crippen LogP contribution in [0.15, 0.2) is 36.5 Å². The standard InChI is InChI=1S/C13H11ClN2OS/c1-8-2-3-10(14)11(6-8)17-12-7-9(13(15)18)4-5-16-12/h2-7H,1H3,(H2,15,18). The van der Waals surface area contributed by atoms with Crippen molar-refractivity contribution in [1.29, 1.82) is 0 Å². The summed E-state index contributed by atoms with van der Waals surface area (Å²) in [4.78, 5) is 4.40. The van der Waals surface area contributed by atoms with Gasteiger partial charge in [0.05, 0.1) is 5.02 Å². The van der Waals surface area contributed by atoms with Gasteiger partial charge in [-0.2, -0.15) is 0 Å². The molecule has 0 fully saturated rings. The molecule has 2 aromatic rings. The van der Waals surface area contributed by atoms with Gasteiger partial charge in [-0.05, 0) is 30.7 Å². The van der Waals surface area contributed by atoms with Crippen molar-refractivity contribution in [2.75, 3.05) is 0 Å². The molecule has 0 atom stereocenters. The minimum Gasteiger partial charge on any atom is -0.437 e. The van der Waals surface area contributed by atoms with Crippen LogP contribution in [0.1, 0.15) is 11.1 Å². The number of nitrogens with zero attached hydrogens (tertiary/aromatic N) is 1. The second kappa shape index (κ2) is 5.33. The molecule has 2 N–H and O–H groups in total. The van der Waals surface area contributed by atoms with Crippen LogP contribution in [-0.2, 0) is 0 Å². The zero-order valence-corrected chi connectivity index (χ0v) is 11.3. The van der Waals surface area contributed by atoms with E-state index in [4.69, 9.17) is 34.3 Å². The van der Waals surface area contributed by atoms with Gasteiger partial charge in [0.25, 0.3) is 0 Å². The summed E-state index contributed by atoms with van der Waals surface area (Å²) in [5.74, 6) is 0.969. The quantitative estimate of drug-likeness (QED) is 0.874. The molecule has 1 aromatic carbocycles. The molecule has 0 aliphatic carbocycles. The van der Waals surface area contributed by atoms with Gasteiger partial charge in [0.1, 0.15) is 10.7 Å². The first-order valence-electron chi connectivity index (χ1n) is 5.26. The zero-order valence-electron chi connectivity index (χ0n) is 9.68. The Labute approximate surface area is 116 Å². The lowest BCUT2D eigenvalue weighted by Gasteiger charge is -2.08. The van der Waals surface area contributed by atoms with Crippen molar-refractivity contribution in [3.8, 4) is 11.6 Å². The van der Waals surface area contributed by atoms with Crippen LogP contribution in [0.5, 0.6) is 11.6 Å². The second-order valence-corrected chi connectivity index (χ2v) is 4.63. The lowest BCUT2D eigenvalue weighted by Crippen LogP contribution is -2.09. The molecule has 0 unspecified atom stereocenters. The van der Waals surface area contributed by atoms with Crippen LogP contribution in [0.4, 0.5) is 0 Å². The van der Waals surface area contributed by atoms with Crippen LogP contribution in [0.25, 0.3) is 0 Å². The summed E-state index contributed by atoms with van der Waals surface area (Å²) in [5, 5.41) is 0.531. The van der Waals surface area contributed by atoms with Gasteiger partial charge >= 0.3 is 0 Å². The van der Waals surface area contributed by atoms with Crippen molar-refractivity contribution >= 4 is 28.8 Å². The van der Waals surface area contributed by atoms with E-state index < -0.39 is 0 Å². The van der Waals surface area contributed by atoms with Crippen molar-refractivity contribution in [3.05, 3.63) is 52.7 Å². The molecule has 3 nitrogen and oxygen atoms in total. The number of aryl methyl sites for hydroxylation is 1. The Morgan fingerprint density at radius 2 is 2.11 bits per heavy atom. The number of hydrogen-bond acceptors (Lipinski definition) is 3. The maximum Gasteiger partial charge on any atom is 0.219 e. The fraction of sp³-hybridized carbons (Fsp3) is 0.0769. The van der Waals surface area contributed by atoms with Gasteiger partial charge in [-0.15, -0.1) is 0 Å². The van der Waals surface area contributed by atoms with E-state index in [-0.39, 0.29) is 0 Å². The highest BCUT2D eigenvalue weighted by Crippen LogP contribution is 2.29. The average molecular weight is 279 g/mol. The highest BCUT2D eigenvalue weighted by atomic mass is 35.5. The first kappa shape index (κ1) is 12.8. The summed E-state index contributed by atoms with van der Waals surface area (Å²) < 4.78 is 5.62. The van der Waals surface area contributed by atoms with E-state index in [1.165, 1.54) is 0 Å². The van der Waals surface area contributed by atoms with Gasteiger partial charge in [0.15, 0.2) is 0 Å². The Morgan fingerprint density at radius 1 is 1.33 bits per heavy atom. The lowest BCUT2D eigenvalue weighted by atomic mass is 10.2. The van der Waals surface area contributed by atoms with Crippen molar-refractivity contribution in [3.63, 3.8) is 0 Å². The minimum atomic E-state index is 0.303. The monoisotopic (exact) mass is 278 g/mol. The number of ether oxygens (including phenoxy) is 1. The molecule has 1 aromatic heterocycles. The van der Waals surface area contributed by atoms with E-state index in [0.29, 0.717) is 27.2 Å². The van der Waals surface area contributed by atoms with Gasteiger partial charge < -0.3 is 10.5 Å². The van der Waals surface area contributed by atoms with E-state index in [9.17, 15) is 0 Å². The van der Waals surface area contributed by atoms with Crippen molar-refractivity contribution < 1.29 is 4.74 Å². The molecule has 0 amide bonds. The summed E-state index contributed by atoms with van der Waals surface area (Å²) >= 11 is 10.9. The number of benzene rings is 1. The Morgan fingerprint density at radius 3 is 2.83 bits per heavy atom. The van der Waals surface area contributed by atoms with E-state index >= 15 is 0 Å². The molecule has 2 rings (SSSR count). The van der Waals surface area contributed by atoms with Crippen molar-refractivity contribution in [2.45, 2.75) is 6.92 Å². The van der Waals surface area contributed by atoms with Gasteiger partial charge in [-0.3, -0.25) is 0 Å². The van der Waals surface area contributed by atoms with Gasteiger partial charge in [0, 0.05) is 17.8 Å². The van der Waals surface area contributed by atoms with E-state index in [0.717, 1.165) is 5.56 Å². The third kappa shape index (κ3) is 2.97. The van der Waals surface area contributed by atoms with Crippen LogP contribution in [0.2, 0.25) is 5.02 Å². The molecule has 0 saturated heterocycles. The Balaban J connectivity index is 2.31. The molecule has 1 heterocycles. The zero-order chi connectivity index (χ0) is 13.1. The summed E-state index contributed by atoms with van der Waals surface area (Å²) in [5.41, 5.74) is 7.31. The lowest BCUT2D eigenvalue weighted by molar-refractivity contribution is 0.463. The highest BCUT2D eigenvalue weighted by Gasteiger charge is 2.06. The average Bonchev–Trinajstić information content (AvgIpc) is 2.34. The van der Waals surface area contributed by atoms with Crippen molar-refractivity contribution in [1.82, 2.24) is 4.98 Å². The highest BCUT2D eigenvalue weighted by molar-refractivity contribution is 7.80. The van der Waals surface area contributed by atoms with E-state index in [1.54, 1.807) is 24.4 Å². The van der Waals surface area contributed by atoms with Gasteiger partial charge in [-0.1, -0.05) is 29.9 Å². The van der Waals surface area contributed by atoms with Gasteiger partial charge in [0.2, 0.25) is 5.88 Å². The Kier molecular flexibility index (Phi) is 3.79. The molecular formula is C13H11ClN2OS. The summed E-state index contributed by atoms with van der Waals surface area (Å²) in [6.45, 7) is 1.96. The molecule has 0 aliphatic rings. The van der Waals surface area contributed by atoms with Crippen LogP contribution in [0.3, 0.4) is 0 Å². The van der Waals surface area contributed by atoms with Crippen LogP contribution >= 0.6 is 23.8 Å². The maximum absolute atomic E-state index is 6.05. The molecule has 0 radical (unpaired) electrons. The summed E-state index contributed by atoms with van der Waals surface area (Å²) in [6.07, 6.45) is 1.59. The predicted molar refractivity (Wildman–Crippen MR) is 76.4 cm³/mol. The number of nitrogens with two attached hydrogens (primary N) is 1. The molecule has 5 heteroatoms.